The summed E-state index contributed by atoms with van der Waals surface area (Å²) in [6, 6.07) is 13.6. The number of benzene rings is 2. The molecule has 0 saturated carbocycles. The van der Waals surface area contributed by atoms with Crippen LogP contribution in [0.2, 0.25) is 5.02 Å². The molecule has 7 nitrogen and oxygen atoms in total. The summed E-state index contributed by atoms with van der Waals surface area (Å²) in [6.07, 6.45) is 0.571. The van der Waals surface area contributed by atoms with Crippen molar-refractivity contribution in [2.45, 2.75) is 30.6 Å². The van der Waals surface area contributed by atoms with E-state index in [-0.39, 0.29) is 9.47 Å². The SMILES string of the molecule is CC[C@@H](NS(=O)(=O)c1nnc(NC(=O)c2ccc(Cl)cc2)s1)c1ccc(C)cc1. The summed E-state index contributed by atoms with van der Waals surface area (Å²) in [5.41, 5.74) is 2.33. The molecule has 0 saturated heterocycles. The lowest BCUT2D eigenvalue weighted by molar-refractivity contribution is 0.102. The molecule has 2 N–H and O–H groups in total. The number of carbonyl (C=O) groups excluding carboxylic acids is 1. The van der Waals surface area contributed by atoms with Crippen molar-refractivity contribution in [3.63, 3.8) is 0 Å². The summed E-state index contributed by atoms with van der Waals surface area (Å²) in [6.45, 7) is 3.86. The molecule has 3 rings (SSSR count). The van der Waals surface area contributed by atoms with E-state index in [9.17, 15) is 13.2 Å². The number of hydrogen-bond donors (Lipinski definition) is 2. The summed E-state index contributed by atoms with van der Waals surface area (Å²) in [5, 5.41) is 10.6. The molecule has 0 bridgehead atoms. The first kappa shape index (κ1) is 21.4. The molecule has 10 heteroatoms. The lowest BCUT2D eigenvalue weighted by Gasteiger charge is -2.16. The van der Waals surface area contributed by atoms with Crippen molar-refractivity contribution in [1.82, 2.24) is 14.9 Å². The maximum atomic E-state index is 12.7. The molecule has 0 spiro atoms. The number of rotatable bonds is 7. The van der Waals surface area contributed by atoms with Crippen molar-refractivity contribution < 1.29 is 13.2 Å². The van der Waals surface area contributed by atoms with Crippen LogP contribution in [-0.4, -0.2) is 24.5 Å². The third-order valence-corrected chi connectivity index (χ3v) is 7.08. The van der Waals surface area contributed by atoms with Gasteiger partial charge >= 0.3 is 0 Å². The molecule has 29 heavy (non-hydrogen) atoms. The Morgan fingerprint density at radius 2 is 1.76 bits per heavy atom. The topological polar surface area (TPSA) is 101 Å². The lowest BCUT2D eigenvalue weighted by Crippen LogP contribution is -2.28. The van der Waals surface area contributed by atoms with Crippen molar-refractivity contribution >= 4 is 44.0 Å². The monoisotopic (exact) mass is 450 g/mol. The molecule has 2 aromatic carbocycles. The van der Waals surface area contributed by atoms with Gasteiger partial charge in [0.15, 0.2) is 0 Å². The van der Waals surface area contributed by atoms with Crippen molar-refractivity contribution in [2.24, 2.45) is 0 Å². The number of aromatic nitrogens is 2. The van der Waals surface area contributed by atoms with Gasteiger partial charge in [-0.25, -0.2) is 13.1 Å². The van der Waals surface area contributed by atoms with Crippen molar-refractivity contribution in [3.05, 3.63) is 70.2 Å². The fraction of sp³-hybridized carbons (Fsp3) is 0.211. The van der Waals surface area contributed by atoms with Crippen LogP contribution in [0.15, 0.2) is 52.9 Å². The molecule has 152 valence electrons. The zero-order chi connectivity index (χ0) is 21.0. The van der Waals surface area contributed by atoms with Crippen LogP contribution in [0.1, 0.15) is 40.9 Å². The van der Waals surface area contributed by atoms with E-state index >= 15 is 0 Å². The first-order valence-electron chi connectivity index (χ1n) is 8.78. The number of amides is 1. The second-order valence-electron chi connectivity index (χ2n) is 6.33. The van der Waals surface area contributed by atoms with Gasteiger partial charge in [0, 0.05) is 16.6 Å². The molecule has 1 aromatic heterocycles. The minimum absolute atomic E-state index is 0.0914. The summed E-state index contributed by atoms with van der Waals surface area (Å²) >= 11 is 6.60. The number of aryl methyl sites for hydroxylation is 1. The number of nitrogens with zero attached hydrogens (tertiary/aromatic N) is 2. The van der Waals surface area contributed by atoms with Gasteiger partial charge < -0.3 is 0 Å². The minimum atomic E-state index is -3.89. The van der Waals surface area contributed by atoms with Crippen molar-refractivity contribution in [3.8, 4) is 0 Å². The smallest absolute Gasteiger partial charge is 0.270 e. The molecule has 0 radical (unpaired) electrons. The van der Waals surface area contributed by atoms with Gasteiger partial charge in [-0.15, -0.1) is 10.2 Å². The van der Waals surface area contributed by atoms with Crippen molar-refractivity contribution in [1.29, 1.82) is 0 Å². The molecular weight excluding hydrogens is 432 g/mol. The van der Waals surface area contributed by atoms with Gasteiger partial charge in [0.1, 0.15) is 0 Å². The number of sulfonamides is 1. The molecule has 3 aromatic rings. The van der Waals surface area contributed by atoms with E-state index in [1.165, 1.54) is 0 Å². The molecule has 0 fully saturated rings. The normalized spacial score (nSPS) is 12.5. The predicted molar refractivity (Wildman–Crippen MR) is 114 cm³/mol. The molecule has 1 amide bonds. The Morgan fingerprint density at radius 1 is 1.10 bits per heavy atom. The lowest BCUT2D eigenvalue weighted by atomic mass is 10.0. The summed E-state index contributed by atoms with van der Waals surface area (Å²) in [5.74, 6) is -0.430. The Labute approximate surface area is 178 Å². The van der Waals surface area contributed by atoms with Gasteiger partial charge in [-0.3, -0.25) is 10.1 Å². The van der Waals surface area contributed by atoms with E-state index < -0.39 is 22.0 Å². The Kier molecular flexibility index (Phi) is 6.63. The van der Waals surface area contributed by atoms with Crippen LogP contribution in [0.5, 0.6) is 0 Å². The van der Waals surface area contributed by atoms with E-state index in [0.717, 1.165) is 22.5 Å². The number of anilines is 1. The Hall–Kier alpha value is -2.33. The maximum Gasteiger partial charge on any atom is 0.270 e. The number of halogens is 1. The quantitative estimate of drug-likeness (QED) is 0.526. The molecule has 0 aliphatic rings. The highest BCUT2D eigenvalue weighted by molar-refractivity contribution is 7.91. The van der Waals surface area contributed by atoms with Crippen LogP contribution in [0, 0.1) is 6.92 Å². The average molecular weight is 451 g/mol. The van der Waals surface area contributed by atoms with Gasteiger partial charge in [-0.05, 0) is 43.2 Å². The summed E-state index contributed by atoms with van der Waals surface area (Å²) in [7, 11) is -3.89. The number of hydrogen-bond acceptors (Lipinski definition) is 6. The predicted octanol–water partition coefficient (Wildman–Crippen LogP) is 4.18. The maximum absolute atomic E-state index is 12.7. The fourth-order valence-corrected chi connectivity index (χ4v) is 4.91. The van der Waals surface area contributed by atoms with E-state index in [4.69, 9.17) is 11.6 Å². The average Bonchev–Trinajstić information content (AvgIpc) is 3.17. The standard InChI is InChI=1S/C19H19ClN4O3S2/c1-3-16(13-6-4-12(2)5-7-13)24-29(26,27)19-23-22-18(28-19)21-17(25)14-8-10-15(20)11-9-14/h4-11,16,24H,3H2,1-2H3,(H,21,22,25)/t16-/m1/s1. The summed E-state index contributed by atoms with van der Waals surface area (Å²) in [4.78, 5) is 12.2. The van der Waals surface area contributed by atoms with Gasteiger partial charge in [0.25, 0.3) is 15.9 Å². The number of nitrogens with one attached hydrogen (secondary N) is 2. The van der Waals surface area contributed by atoms with Crippen LogP contribution in [-0.2, 0) is 10.0 Å². The Morgan fingerprint density at radius 3 is 2.38 bits per heavy atom. The molecule has 0 aliphatic heterocycles. The third kappa shape index (κ3) is 5.39. The Balaban J connectivity index is 1.73. The second kappa shape index (κ2) is 9.00. The molecule has 0 unspecified atom stereocenters. The van der Waals surface area contributed by atoms with Crippen LogP contribution >= 0.6 is 22.9 Å². The minimum Gasteiger partial charge on any atom is -0.296 e. The van der Waals surface area contributed by atoms with Gasteiger partial charge in [0.2, 0.25) is 9.47 Å². The van der Waals surface area contributed by atoms with E-state index in [1.807, 2.05) is 38.1 Å². The zero-order valence-corrected chi connectivity index (χ0v) is 18.1. The number of carbonyl (C=O) groups is 1. The molecule has 1 heterocycles. The van der Waals surface area contributed by atoms with Crippen LogP contribution in [0.3, 0.4) is 0 Å². The van der Waals surface area contributed by atoms with Crippen LogP contribution in [0.25, 0.3) is 0 Å². The largest absolute Gasteiger partial charge is 0.296 e. The highest BCUT2D eigenvalue weighted by atomic mass is 35.5. The Bertz CT molecular complexity index is 1100. The van der Waals surface area contributed by atoms with E-state index in [2.05, 4.69) is 20.2 Å². The first-order chi connectivity index (χ1) is 13.8. The summed E-state index contributed by atoms with van der Waals surface area (Å²) < 4.78 is 27.9. The second-order valence-corrected chi connectivity index (χ2v) is 9.63. The van der Waals surface area contributed by atoms with Crippen LogP contribution in [0.4, 0.5) is 5.13 Å². The van der Waals surface area contributed by atoms with Gasteiger partial charge in [-0.1, -0.05) is 59.7 Å². The molecule has 1 atom stereocenters. The van der Waals surface area contributed by atoms with E-state index in [0.29, 0.717) is 17.0 Å². The molecule has 0 aliphatic carbocycles. The van der Waals surface area contributed by atoms with Crippen LogP contribution < -0.4 is 10.0 Å². The zero-order valence-electron chi connectivity index (χ0n) is 15.7. The van der Waals surface area contributed by atoms with E-state index in [1.54, 1.807) is 24.3 Å². The highest BCUT2D eigenvalue weighted by Crippen LogP contribution is 2.24. The van der Waals surface area contributed by atoms with Crippen molar-refractivity contribution in [2.75, 3.05) is 5.32 Å². The van der Waals surface area contributed by atoms with Gasteiger partial charge in [0.05, 0.1) is 0 Å². The first-order valence-corrected chi connectivity index (χ1v) is 11.5. The molecular formula is C19H19ClN4O3S2. The third-order valence-electron chi connectivity index (χ3n) is 4.15. The highest BCUT2D eigenvalue weighted by Gasteiger charge is 2.25. The van der Waals surface area contributed by atoms with Gasteiger partial charge in [-0.2, -0.15) is 0 Å². The fourth-order valence-electron chi connectivity index (χ4n) is 2.56.